The van der Waals surface area contributed by atoms with Gasteiger partial charge in [-0.25, -0.2) is 14.8 Å². The van der Waals surface area contributed by atoms with E-state index < -0.39 is 5.60 Å². The fourth-order valence-electron chi connectivity index (χ4n) is 2.80. The molecule has 0 radical (unpaired) electrons. The van der Waals surface area contributed by atoms with Crippen molar-refractivity contribution in [2.45, 2.75) is 59.0 Å². The SMILES string of the molecule is CC(C)c1nccc(N2CCCC(CNC(=O)OC(C)(C)C)C2)n1. The maximum absolute atomic E-state index is 11.8. The average Bonchev–Trinajstić information content (AvgIpc) is 2.52. The van der Waals surface area contributed by atoms with E-state index in [0.29, 0.717) is 18.4 Å². The molecular formula is C18H30N4O2. The molecule has 2 rings (SSSR count). The molecule has 2 heterocycles. The van der Waals surface area contributed by atoms with Gasteiger partial charge in [0.1, 0.15) is 17.2 Å². The maximum Gasteiger partial charge on any atom is 0.407 e. The molecule has 1 atom stereocenters. The molecule has 1 fully saturated rings. The number of anilines is 1. The van der Waals surface area contributed by atoms with E-state index in [1.54, 1.807) is 0 Å². The summed E-state index contributed by atoms with van der Waals surface area (Å²) in [5.74, 6) is 2.58. The summed E-state index contributed by atoms with van der Waals surface area (Å²) in [4.78, 5) is 23.1. The predicted molar refractivity (Wildman–Crippen MR) is 95.3 cm³/mol. The van der Waals surface area contributed by atoms with E-state index in [-0.39, 0.29) is 6.09 Å². The van der Waals surface area contributed by atoms with Gasteiger partial charge >= 0.3 is 6.09 Å². The van der Waals surface area contributed by atoms with Crippen LogP contribution in [-0.2, 0) is 4.74 Å². The van der Waals surface area contributed by atoms with Crippen LogP contribution in [0.15, 0.2) is 12.3 Å². The molecule has 1 aliphatic heterocycles. The standard InChI is InChI=1S/C18H30N4O2/c1-13(2)16-19-9-8-15(21-16)22-10-6-7-14(12-22)11-20-17(23)24-18(3,4)5/h8-9,13-14H,6-7,10-12H2,1-5H3,(H,20,23). The molecule has 0 saturated carbocycles. The Labute approximate surface area is 145 Å². The summed E-state index contributed by atoms with van der Waals surface area (Å²) >= 11 is 0. The third kappa shape index (κ3) is 5.65. The number of hydrogen-bond donors (Lipinski definition) is 1. The summed E-state index contributed by atoms with van der Waals surface area (Å²) in [7, 11) is 0. The molecule has 134 valence electrons. The number of nitrogens with zero attached hydrogens (tertiary/aromatic N) is 3. The summed E-state index contributed by atoms with van der Waals surface area (Å²) in [5.41, 5.74) is -0.461. The molecule has 6 heteroatoms. The minimum atomic E-state index is -0.461. The molecule has 1 N–H and O–H groups in total. The van der Waals surface area contributed by atoms with Gasteiger partial charge in [-0.3, -0.25) is 0 Å². The number of piperidine rings is 1. The van der Waals surface area contributed by atoms with Crippen molar-refractivity contribution in [3.05, 3.63) is 18.1 Å². The van der Waals surface area contributed by atoms with E-state index >= 15 is 0 Å². The molecule has 6 nitrogen and oxygen atoms in total. The van der Waals surface area contributed by atoms with Crippen LogP contribution in [0, 0.1) is 5.92 Å². The zero-order valence-corrected chi connectivity index (χ0v) is 15.5. The highest BCUT2D eigenvalue weighted by Crippen LogP contribution is 2.22. The Balaban J connectivity index is 1.90. The number of carbonyl (C=O) groups excluding carboxylic acids is 1. The monoisotopic (exact) mass is 334 g/mol. The molecule has 0 spiro atoms. The number of amides is 1. The Hall–Kier alpha value is -1.85. The molecule has 0 bridgehead atoms. The molecule has 1 amide bonds. The third-order valence-corrected chi connectivity index (χ3v) is 3.95. The number of nitrogens with one attached hydrogen (secondary N) is 1. The van der Waals surface area contributed by atoms with Gasteiger partial charge in [0.2, 0.25) is 0 Å². The largest absolute Gasteiger partial charge is 0.444 e. The highest BCUT2D eigenvalue weighted by Gasteiger charge is 2.23. The molecule has 0 aliphatic carbocycles. The lowest BCUT2D eigenvalue weighted by atomic mass is 9.98. The Bertz CT molecular complexity index is 554. The molecule has 24 heavy (non-hydrogen) atoms. The first-order valence-corrected chi connectivity index (χ1v) is 8.79. The van der Waals surface area contributed by atoms with Gasteiger partial charge in [-0.15, -0.1) is 0 Å². The second-order valence-corrected chi connectivity index (χ2v) is 7.76. The van der Waals surface area contributed by atoms with Gasteiger partial charge in [-0.05, 0) is 45.6 Å². The van der Waals surface area contributed by atoms with Gasteiger partial charge in [0.15, 0.2) is 0 Å². The fraction of sp³-hybridized carbons (Fsp3) is 0.722. The van der Waals surface area contributed by atoms with Crippen molar-refractivity contribution in [1.29, 1.82) is 0 Å². The fourth-order valence-corrected chi connectivity index (χ4v) is 2.80. The summed E-state index contributed by atoms with van der Waals surface area (Å²) in [6, 6.07) is 1.97. The van der Waals surface area contributed by atoms with Gasteiger partial charge < -0.3 is 15.0 Å². The van der Waals surface area contributed by atoms with E-state index in [4.69, 9.17) is 4.74 Å². The summed E-state index contributed by atoms with van der Waals surface area (Å²) in [6.45, 7) is 12.3. The second kappa shape index (κ2) is 7.81. The zero-order valence-electron chi connectivity index (χ0n) is 15.5. The zero-order chi connectivity index (χ0) is 17.7. The van der Waals surface area contributed by atoms with E-state index in [0.717, 1.165) is 37.6 Å². The number of carbonyl (C=O) groups is 1. The quantitative estimate of drug-likeness (QED) is 0.914. The maximum atomic E-state index is 11.8. The van der Waals surface area contributed by atoms with E-state index in [2.05, 4.69) is 34.0 Å². The lowest BCUT2D eigenvalue weighted by Crippen LogP contribution is -2.42. The Morgan fingerprint density at radius 3 is 2.88 bits per heavy atom. The Morgan fingerprint density at radius 1 is 1.46 bits per heavy atom. The smallest absolute Gasteiger partial charge is 0.407 e. The van der Waals surface area contributed by atoms with Crippen LogP contribution in [0.2, 0.25) is 0 Å². The van der Waals surface area contributed by atoms with Crippen molar-refractivity contribution >= 4 is 11.9 Å². The van der Waals surface area contributed by atoms with Gasteiger partial charge in [0.25, 0.3) is 0 Å². The molecule has 1 unspecified atom stereocenters. The molecular weight excluding hydrogens is 304 g/mol. The van der Waals surface area contributed by atoms with Crippen molar-refractivity contribution in [3.8, 4) is 0 Å². The predicted octanol–water partition coefficient (Wildman–Crippen LogP) is 3.34. The van der Waals surface area contributed by atoms with Crippen LogP contribution in [0.1, 0.15) is 59.2 Å². The molecule has 1 aromatic rings. The number of ether oxygens (including phenoxy) is 1. The van der Waals surface area contributed by atoms with Crippen molar-refractivity contribution in [2.24, 2.45) is 5.92 Å². The Morgan fingerprint density at radius 2 is 2.21 bits per heavy atom. The van der Waals surface area contributed by atoms with Gasteiger partial charge in [0.05, 0.1) is 0 Å². The van der Waals surface area contributed by atoms with E-state index in [1.807, 2.05) is 33.0 Å². The van der Waals surface area contributed by atoms with Crippen LogP contribution in [-0.4, -0.2) is 41.3 Å². The first kappa shape index (κ1) is 18.5. The number of aromatic nitrogens is 2. The normalized spacial score (nSPS) is 18.6. The van der Waals surface area contributed by atoms with Crippen molar-refractivity contribution in [3.63, 3.8) is 0 Å². The number of hydrogen-bond acceptors (Lipinski definition) is 5. The molecule has 1 aliphatic rings. The lowest BCUT2D eigenvalue weighted by molar-refractivity contribution is 0.0517. The summed E-state index contributed by atoms with van der Waals surface area (Å²) in [5, 5.41) is 2.89. The first-order chi connectivity index (χ1) is 11.2. The van der Waals surface area contributed by atoms with Crippen LogP contribution in [0.4, 0.5) is 10.6 Å². The van der Waals surface area contributed by atoms with Crippen LogP contribution in [0.5, 0.6) is 0 Å². The van der Waals surface area contributed by atoms with Gasteiger partial charge in [-0.1, -0.05) is 13.8 Å². The van der Waals surface area contributed by atoms with Crippen LogP contribution >= 0.6 is 0 Å². The minimum Gasteiger partial charge on any atom is -0.444 e. The van der Waals surface area contributed by atoms with E-state index in [9.17, 15) is 4.79 Å². The highest BCUT2D eigenvalue weighted by molar-refractivity contribution is 5.67. The second-order valence-electron chi connectivity index (χ2n) is 7.76. The van der Waals surface area contributed by atoms with Gasteiger partial charge in [-0.2, -0.15) is 0 Å². The molecule has 1 aromatic heterocycles. The van der Waals surface area contributed by atoms with Crippen molar-refractivity contribution < 1.29 is 9.53 Å². The average molecular weight is 334 g/mol. The van der Waals surface area contributed by atoms with E-state index in [1.165, 1.54) is 0 Å². The molecule has 1 saturated heterocycles. The Kier molecular flexibility index (Phi) is 6.02. The minimum absolute atomic E-state index is 0.319. The topological polar surface area (TPSA) is 67.4 Å². The van der Waals surface area contributed by atoms with Crippen LogP contribution in [0.25, 0.3) is 0 Å². The number of alkyl carbamates (subject to hydrolysis) is 1. The first-order valence-electron chi connectivity index (χ1n) is 8.79. The lowest BCUT2D eigenvalue weighted by Gasteiger charge is -2.34. The van der Waals surface area contributed by atoms with Crippen molar-refractivity contribution in [2.75, 3.05) is 24.5 Å². The van der Waals surface area contributed by atoms with Gasteiger partial charge in [0, 0.05) is 31.7 Å². The molecule has 0 aromatic carbocycles. The van der Waals surface area contributed by atoms with Crippen molar-refractivity contribution in [1.82, 2.24) is 15.3 Å². The number of rotatable bonds is 4. The van der Waals surface area contributed by atoms with Crippen LogP contribution in [0.3, 0.4) is 0 Å². The third-order valence-electron chi connectivity index (χ3n) is 3.95. The highest BCUT2D eigenvalue weighted by atomic mass is 16.6. The summed E-state index contributed by atoms with van der Waals surface area (Å²) < 4.78 is 5.30. The summed E-state index contributed by atoms with van der Waals surface area (Å²) in [6.07, 6.45) is 3.69. The van der Waals surface area contributed by atoms with Crippen LogP contribution < -0.4 is 10.2 Å².